The van der Waals surface area contributed by atoms with E-state index in [9.17, 15) is 17.2 Å². The minimum Gasteiger partial charge on any atom is -0.497 e. The van der Waals surface area contributed by atoms with Crippen molar-refractivity contribution in [3.63, 3.8) is 0 Å². The highest BCUT2D eigenvalue weighted by atomic mass is 32.2. The van der Waals surface area contributed by atoms with Gasteiger partial charge in [-0.1, -0.05) is 12.1 Å². The molecule has 142 valence electrons. The molecular weight excluding hydrogens is 394 g/mol. The highest BCUT2D eigenvalue weighted by Gasteiger charge is 2.19. The Bertz CT molecular complexity index is 1050. The summed E-state index contributed by atoms with van der Waals surface area (Å²) in [5, 5.41) is 2.62. The Labute approximate surface area is 159 Å². The number of thiazole rings is 1. The molecule has 0 fully saturated rings. The molecule has 0 saturated heterocycles. The molecule has 27 heavy (non-hydrogen) atoms. The van der Waals surface area contributed by atoms with E-state index in [1.165, 1.54) is 11.3 Å². The third-order valence-electron chi connectivity index (χ3n) is 3.73. The van der Waals surface area contributed by atoms with Crippen LogP contribution in [-0.2, 0) is 16.4 Å². The number of hydrogen-bond donors (Lipinski definition) is 1. The lowest BCUT2D eigenvalue weighted by molar-refractivity contribution is 0.415. The van der Waals surface area contributed by atoms with E-state index in [0.717, 1.165) is 28.5 Å². The fourth-order valence-corrected chi connectivity index (χ4v) is 4.34. The second kappa shape index (κ2) is 8.12. The van der Waals surface area contributed by atoms with Crippen LogP contribution in [0.4, 0.5) is 8.78 Å². The molecule has 0 saturated carbocycles. The molecule has 0 unspecified atom stereocenters. The first kappa shape index (κ1) is 19.4. The number of ether oxygens (including phenoxy) is 1. The molecule has 0 aliphatic heterocycles. The predicted octanol–water partition coefficient (Wildman–Crippen LogP) is 3.62. The second-order valence-electron chi connectivity index (χ2n) is 5.60. The minimum absolute atomic E-state index is 0.0421. The molecule has 2 aromatic carbocycles. The van der Waals surface area contributed by atoms with Crippen molar-refractivity contribution in [3.8, 4) is 16.3 Å². The van der Waals surface area contributed by atoms with Crippen molar-refractivity contribution in [3.05, 3.63) is 65.2 Å². The van der Waals surface area contributed by atoms with E-state index < -0.39 is 26.6 Å². The molecule has 0 aliphatic carbocycles. The average Bonchev–Trinajstić information content (AvgIpc) is 3.10. The van der Waals surface area contributed by atoms with Crippen molar-refractivity contribution < 1.29 is 21.9 Å². The third kappa shape index (κ3) is 4.68. The van der Waals surface area contributed by atoms with Crippen LogP contribution < -0.4 is 9.46 Å². The first-order valence-electron chi connectivity index (χ1n) is 7.92. The van der Waals surface area contributed by atoms with Crippen molar-refractivity contribution in [2.45, 2.75) is 11.3 Å². The van der Waals surface area contributed by atoms with Gasteiger partial charge in [-0.2, -0.15) is 0 Å². The van der Waals surface area contributed by atoms with Gasteiger partial charge in [0.1, 0.15) is 27.3 Å². The Morgan fingerprint density at radius 2 is 2.00 bits per heavy atom. The Morgan fingerprint density at radius 1 is 1.19 bits per heavy atom. The normalized spacial score (nSPS) is 11.5. The molecule has 0 amide bonds. The van der Waals surface area contributed by atoms with Crippen molar-refractivity contribution in [1.82, 2.24) is 9.71 Å². The van der Waals surface area contributed by atoms with E-state index >= 15 is 0 Å². The Morgan fingerprint density at radius 3 is 2.74 bits per heavy atom. The molecule has 5 nitrogen and oxygen atoms in total. The standard InChI is InChI=1S/C18H16F2N2O3S2/c1-25-15-4-2-3-12(9-15)18-22-14(11-26-18)7-8-21-27(23,24)17-6-5-13(19)10-16(17)20/h2-6,9-11,21H,7-8H2,1H3. The highest BCUT2D eigenvalue weighted by Crippen LogP contribution is 2.27. The summed E-state index contributed by atoms with van der Waals surface area (Å²) in [4.78, 5) is 3.90. The van der Waals surface area contributed by atoms with Gasteiger partial charge in [0.15, 0.2) is 0 Å². The van der Waals surface area contributed by atoms with Crippen molar-refractivity contribution in [2.24, 2.45) is 0 Å². The Balaban J connectivity index is 1.65. The maximum absolute atomic E-state index is 13.7. The summed E-state index contributed by atoms with van der Waals surface area (Å²) in [6.07, 6.45) is 0.336. The number of aromatic nitrogens is 1. The molecule has 1 aromatic heterocycles. The van der Waals surface area contributed by atoms with E-state index in [-0.39, 0.29) is 6.54 Å². The van der Waals surface area contributed by atoms with E-state index in [2.05, 4.69) is 9.71 Å². The summed E-state index contributed by atoms with van der Waals surface area (Å²) in [7, 11) is -2.48. The Hall–Kier alpha value is -2.36. The number of methoxy groups -OCH3 is 1. The maximum atomic E-state index is 13.7. The van der Waals surface area contributed by atoms with Crippen molar-refractivity contribution in [1.29, 1.82) is 0 Å². The summed E-state index contributed by atoms with van der Waals surface area (Å²) >= 11 is 1.43. The number of nitrogens with one attached hydrogen (secondary N) is 1. The van der Waals surface area contributed by atoms with Gasteiger partial charge in [-0.25, -0.2) is 26.9 Å². The molecule has 1 heterocycles. The van der Waals surface area contributed by atoms with Gasteiger partial charge in [0.25, 0.3) is 0 Å². The van der Waals surface area contributed by atoms with E-state index in [4.69, 9.17) is 4.74 Å². The smallest absolute Gasteiger partial charge is 0.243 e. The molecule has 0 bridgehead atoms. The highest BCUT2D eigenvalue weighted by molar-refractivity contribution is 7.89. The summed E-state index contributed by atoms with van der Waals surface area (Å²) < 4.78 is 58.4. The van der Waals surface area contributed by atoms with Gasteiger partial charge in [0.2, 0.25) is 10.0 Å². The zero-order valence-electron chi connectivity index (χ0n) is 14.3. The topological polar surface area (TPSA) is 68.3 Å². The number of nitrogens with zero attached hydrogens (tertiary/aromatic N) is 1. The third-order valence-corrected chi connectivity index (χ3v) is 6.16. The number of sulfonamides is 1. The van der Waals surface area contributed by atoms with Gasteiger partial charge in [-0.05, 0) is 24.3 Å². The quantitative estimate of drug-likeness (QED) is 0.646. The van der Waals surface area contributed by atoms with Crippen LogP contribution in [0.2, 0.25) is 0 Å². The monoisotopic (exact) mass is 410 g/mol. The van der Waals surface area contributed by atoms with Crippen molar-refractivity contribution >= 4 is 21.4 Å². The lowest BCUT2D eigenvalue weighted by atomic mass is 10.2. The predicted molar refractivity (Wildman–Crippen MR) is 99.4 cm³/mol. The van der Waals surface area contributed by atoms with Crippen LogP contribution in [0.25, 0.3) is 10.6 Å². The molecule has 9 heteroatoms. The molecule has 1 N–H and O–H groups in total. The fraction of sp³-hybridized carbons (Fsp3) is 0.167. The summed E-state index contributed by atoms with van der Waals surface area (Å²) in [6, 6.07) is 9.81. The molecule has 0 radical (unpaired) electrons. The van der Waals surface area contributed by atoms with E-state index in [1.807, 2.05) is 29.6 Å². The van der Waals surface area contributed by atoms with E-state index in [0.29, 0.717) is 18.2 Å². The molecule has 0 atom stereocenters. The SMILES string of the molecule is COc1cccc(-c2nc(CCNS(=O)(=O)c3ccc(F)cc3F)cs2)c1. The van der Waals surface area contributed by atoms with Gasteiger partial charge >= 0.3 is 0 Å². The van der Waals surface area contributed by atoms with Crippen LogP contribution in [0.1, 0.15) is 5.69 Å². The molecule has 0 spiro atoms. The van der Waals surface area contributed by atoms with Crippen LogP contribution >= 0.6 is 11.3 Å². The number of benzene rings is 2. The van der Waals surface area contributed by atoms with Gasteiger partial charge in [0.05, 0.1) is 12.8 Å². The summed E-state index contributed by atoms with van der Waals surface area (Å²) in [6.45, 7) is 0.0421. The molecule has 0 aliphatic rings. The second-order valence-corrected chi connectivity index (χ2v) is 8.19. The lowest BCUT2D eigenvalue weighted by Gasteiger charge is -2.07. The van der Waals surface area contributed by atoms with Gasteiger partial charge in [0, 0.05) is 30.0 Å². The van der Waals surface area contributed by atoms with Gasteiger partial charge < -0.3 is 4.74 Å². The average molecular weight is 410 g/mol. The Kier molecular flexibility index (Phi) is 5.83. The summed E-state index contributed by atoms with van der Waals surface area (Å²) in [5.41, 5.74) is 1.61. The van der Waals surface area contributed by atoms with Crippen molar-refractivity contribution in [2.75, 3.05) is 13.7 Å². The fourth-order valence-electron chi connectivity index (χ4n) is 2.39. The van der Waals surface area contributed by atoms with Crippen LogP contribution in [0.5, 0.6) is 5.75 Å². The number of hydrogen-bond acceptors (Lipinski definition) is 5. The van der Waals surface area contributed by atoms with Gasteiger partial charge in [-0.3, -0.25) is 0 Å². The molecular formula is C18H16F2N2O3S2. The van der Waals surface area contributed by atoms with Crippen LogP contribution in [0.3, 0.4) is 0 Å². The minimum atomic E-state index is -4.06. The summed E-state index contributed by atoms with van der Waals surface area (Å²) in [5.74, 6) is -1.24. The molecule has 3 rings (SSSR count). The van der Waals surface area contributed by atoms with E-state index in [1.54, 1.807) is 7.11 Å². The first-order chi connectivity index (χ1) is 12.9. The number of rotatable bonds is 7. The maximum Gasteiger partial charge on any atom is 0.243 e. The number of halogens is 2. The zero-order valence-corrected chi connectivity index (χ0v) is 15.9. The van der Waals surface area contributed by atoms with Crippen LogP contribution in [-0.4, -0.2) is 27.1 Å². The van der Waals surface area contributed by atoms with Crippen LogP contribution in [0.15, 0.2) is 52.7 Å². The first-order valence-corrected chi connectivity index (χ1v) is 10.3. The van der Waals surface area contributed by atoms with Crippen LogP contribution in [0, 0.1) is 11.6 Å². The zero-order chi connectivity index (χ0) is 19.4. The van der Waals surface area contributed by atoms with Gasteiger partial charge in [-0.15, -0.1) is 11.3 Å². The lowest BCUT2D eigenvalue weighted by Crippen LogP contribution is -2.27. The molecule has 3 aromatic rings. The largest absolute Gasteiger partial charge is 0.497 e.